The molecule has 0 unspecified atom stereocenters. The van der Waals surface area contributed by atoms with Gasteiger partial charge in [-0.3, -0.25) is 19.1 Å². The maximum Gasteiger partial charge on any atom is 0.416 e. The Balaban J connectivity index is 2.41. The van der Waals surface area contributed by atoms with E-state index in [0.717, 1.165) is 31.4 Å². The molecule has 0 saturated heterocycles. The van der Waals surface area contributed by atoms with E-state index in [-0.39, 0.29) is 11.5 Å². The number of benzene rings is 2. The van der Waals surface area contributed by atoms with Crippen LogP contribution in [0.2, 0.25) is 5.02 Å². The Kier molecular flexibility index (Phi) is 6.35. The average molecular weight is 455 g/mol. The van der Waals surface area contributed by atoms with Gasteiger partial charge in [0.1, 0.15) is 17.1 Å². The molecule has 29 heavy (non-hydrogen) atoms. The summed E-state index contributed by atoms with van der Waals surface area (Å²) in [6, 6.07) is 4.95. The van der Waals surface area contributed by atoms with Gasteiger partial charge in [0.05, 0.1) is 22.6 Å². The first-order valence-corrected chi connectivity index (χ1v) is 9.08. The Bertz CT molecular complexity index is 1070. The molecule has 0 spiro atoms. The van der Waals surface area contributed by atoms with E-state index < -0.39 is 49.1 Å². The molecule has 0 radical (unpaired) electrons. The van der Waals surface area contributed by atoms with Crippen molar-refractivity contribution in [2.24, 2.45) is 0 Å². The summed E-state index contributed by atoms with van der Waals surface area (Å²) in [6.45, 7) is 0. The lowest BCUT2D eigenvalue weighted by Crippen LogP contribution is -2.31. The summed E-state index contributed by atoms with van der Waals surface area (Å²) in [7, 11) is -3.74. The highest BCUT2D eigenvalue weighted by molar-refractivity contribution is 7.85. The fraction of sp³-hybridized carbons (Fsp3) is 0.133. The summed E-state index contributed by atoms with van der Waals surface area (Å²) in [5.41, 5.74) is -2.47. The van der Waals surface area contributed by atoms with Crippen molar-refractivity contribution in [3.63, 3.8) is 0 Å². The van der Waals surface area contributed by atoms with Crippen molar-refractivity contribution < 1.29 is 40.2 Å². The van der Waals surface area contributed by atoms with Crippen molar-refractivity contribution in [3.8, 4) is 11.5 Å². The minimum absolute atomic E-state index is 0.225. The maximum atomic E-state index is 12.7. The van der Waals surface area contributed by atoms with Crippen LogP contribution in [0.15, 0.2) is 36.4 Å². The number of hydrogen-bond acceptors (Lipinski definition) is 7. The molecule has 0 aromatic heterocycles. The number of nitro groups is 1. The zero-order valence-electron chi connectivity index (χ0n) is 14.2. The summed E-state index contributed by atoms with van der Waals surface area (Å²) in [4.78, 5) is 22.2. The highest BCUT2D eigenvalue weighted by Crippen LogP contribution is 2.37. The van der Waals surface area contributed by atoms with E-state index in [1.54, 1.807) is 0 Å². The molecule has 0 aliphatic carbocycles. The molecule has 0 fully saturated rings. The number of rotatable bonds is 6. The Hall–Kier alpha value is -2.90. The number of carbonyl (C=O) groups excluding carboxylic acids is 1. The minimum Gasteiger partial charge on any atom is -0.456 e. The van der Waals surface area contributed by atoms with Crippen LogP contribution in [0.4, 0.5) is 18.9 Å². The van der Waals surface area contributed by atoms with Crippen LogP contribution < -0.4 is 9.46 Å². The van der Waals surface area contributed by atoms with Crippen LogP contribution >= 0.6 is 11.6 Å². The molecule has 156 valence electrons. The fourth-order valence-corrected chi connectivity index (χ4v) is 2.66. The molecular formula is C15H10ClF3N2O7S. The van der Waals surface area contributed by atoms with Gasteiger partial charge < -0.3 is 4.74 Å². The molecule has 0 atom stereocenters. The van der Waals surface area contributed by atoms with Crippen molar-refractivity contribution in [1.29, 1.82) is 0 Å². The van der Waals surface area contributed by atoms with Crippen LogP contribution in [-0.2, 0) is 20.7 Å². The molecule has 0 saturated carbocycles. The molecule has 0 aliphatic rings. The van der Waals surface area contributed by atoms with E-state index in [1.165, 1.54) is 4.72 Å². The van der Waals surface area contributed by atoms with Gasteiger partial charge in [-0.05, 0) is 24.3 Å². The molecule has 2 aromatic rings. The van der Waals surface area contributed by atoms with E-state index in [9.17, 15) is 36.5 Å². The van der Waals surface area contributed by atoms with E-state index in [4.69, 9.17) is 16.3 Å². The molecular weight excluding hydrogens is 445 g/mol. The number of nitrogens with zero attached hydrogens (tertiary/aromatic N) is 1. The summed E-state index contributed by atoms with van der Waals surface area (Å²) < 4.78 is 71.5. The second-order valence-corrected chi connectivity index (χ2v) is 7.09. The number of amides is 1. The lowest BCUT2D eigenvalue weighted by atomic mass is 10.1. The van der Waals surface area contributed by atoms with Crippen LogP contribution in [-0.4, -0.2) is 26.4 Å². The monoisotopic (exact) mass is 454 g/mol. The topological polar surface area (TPSA) is 125 Å². The molecule has 9 nitrogen and oxygen atoms in total. The molecule has 0 aliphatic heterocycles. The van der Waals surface area contributed by atoms with Crippen LogP contribution in [0.1, 0.15) is 15.9 Å². The predicted molar refractivity (Wildman–Crippen MR) is 93.0 cm³/mol. The Morgan fingerprint density at radius 3 is 2.38 bits per heavy atom. The van der Waals surface area contributed by atoms with Gasteiger partial charge in [0, 0.05) is 12.1 Å². The Morgan fingerprint density at radius 1 is 1.21 bits per heavy atom. The molecule has 0 heterocycles. The molecule has 2 aromatic carbocycles. The second-order valence-electron chi connectivity index (χ2n) is 5.23. The summed E-state index contributed by atoms with van der Waals surface area (Å²) >= 11 is 5.77. The van der Waals surface area contributed by atoms with Gasteiger partial charge in [-0.15, -0.1) is 0 Å². The first-order valence-electron chi connectivity index (χ1n) is 7.30. The lowest BCUT2D eigenvalue weighted by Gasteiger charge is -2.12. The van der Waals surface area contributed by atoms with E-state index in [0.29, 0.717) is 12.1 Å². The third kappa shape index (κ3) is 5.56. The van der Waals surface area contributed by atoms with Gasteiger partial charge in [-0.25, -0.2) is 4.72 Å². The Labute approximate surface area is 166 Å². The van der Waals surface area contributed by atoms with Gasteiger partial charge >= 0.3 is 16.5 Å². The maximum absolute atomic E-state index is 12.7. The van der Waals surface area contributed by atoms with Crippen molar-refractivity contribution >= 4 is 33.5 Å². The highest BCUT2D eigenvalue weighted by Gasteiger charge is 2.31. The van der Waals surface area contributed by atoms with Crippen molar-refractivity contribution in [3.05, 3.63) is 62.7 Å². The number of ether oxygens (including phenoxy) is 1. The van der Waals surface area contributed by atoms with Gasteiger partial charge in [0.2, 0.25) is 0 Å². The van der Waals surface area contributed by atoms with Gasteiger partial charge in [-0.2, -0.15) is 21.6 Å². The normalized spacial score (nSPS) is 11.8. The Morgan fingerprint density at radius 2 is 1.86 bits per heavy atom. The molecule has 0 bridgehead atoms. The molecule has 1 N–H and O–H groups in total. The largest absolute Gasteiger partial charge is 0.456 e. The zero-order chi connectivity index (χ0) is 22.0. The zero-order valence-corrected chi connectivity index (χ0v) is 15.8. The van der Waals surface area contributed by atoms with E-state index >= 15 is 0 Å². The van der Waals surface area contributed by atoms with Crippen molar-refractivity contribution in [2.45, 2.75) is 6.18 Å². The first kappa shape index (κ1) is 22.4. The van der Waals surface area contributed by atoms with Gasteiger partial charge in [0.25, 0.3) is 11.6 Å². The number of nitro benzene ring substituents is 1. The van der Waals surface area contributed by atoms with Gasteiger partial charge in [-0.1, -0.05) is 11.6 Å². The summed E-state index contributed by atoms with van der Waals surface area (Å²) in [5.74, 6) is -1.84. The highest BCUT2D eigenvalue weighted by atomic mass is 35.5. The predicted octanol–water partition coefficient (Wildman–Crippen LogP) is 3.68. The summed E-state index contributed by atoms with van der Waals surface area (Å²) in [5, 5.41) is 10.7. The lowest BCUT2D eigenvalue weighted by molar-refractivity contribution is -0.385. The number of carbonyl (C=O) groups is 1. The SMILES string of the molecule is COS(=O)(=O)NC(=O)c1cc(Oc2ccc(C(F)(F)F)cc2Cl)ccc1[N+](=O)[O-]. The number of alkyl halides is 3. The smallest absolute Gasteiger partial charge is 0.416 e. The third-order valence-electron chi connectivity index (χ3n) is 3.33. The molecule has 14 heteroatoms. The van der Waals surface area contributed by atoms with E-state index in [2.05, 4.69) is 4.18 Å². The quantitative estimate of drug-likeness (QED) is 0.521. The fourth-order valence-electron chi connectivity index (χ4n) is 2.02. The standard InChI is InChI=1S/C15H10ClF3N2O7S/c1-27-29(25,26)20-14(22)10-7-9(3-4-12(10)21(23)24)28-13-5-2-8(6-11(13)16)15(17,18)19/h2-7H,1H3,(H,20,22). The van der Waals surface area contributed by atoms with Crippen molar-refractivity contribution in [1.82, 2.24) is 4.72 Å². The number of hydrogen-bond donors (Lipinski definition) is 1. The van der Waals surface area contributed by atoms with Gasteiger partial charge in [0.15, 0.2) is 0 Å². The van der Waals surface area contributed by atoms with E-state index in [1.807, 2.05) is 0 Å². The number of halogens is 4. The van der Waals surface area contributed by atoms with Crippen LogP contribution in [0.25, 0.3) is 0 Å². The first-order chi connectivity index (χ1) is 13.3. The second kappa shape index (κ2) is 8.23. The molecule has 2 rings (SSSR count). The van der Waals surface area contributed by atoms with Crippen LogP contribution in [0, 0.1) is 10.1 Å². The number of nitrogens with one attached hydrogen (secondary N) is 1. The molecule has 1 amide bonds. The average Bonchev–Trinajstić information content (AvgIpc) is 2.62. The van der Waals surface area contributed by atoms with Crippen LogP contribution in [0.3, 0.4) is 0 Å². The minimum atomic E-state index is -4.63. The van der Waals surface area contributed by atoms with Crippen LogP contribution in [0.5, 0.6) is 11.5 Å². The third-order valence-corrected chi connectivity index (χ3v) is 4.50. The van der Waals surface area contributed by atoms with Crippen molar-refractivity contribution in [2.75, 3.05) is 7.11 Å². The summed E-state index contributed by atoms with van der Waals surface area (Å²) in [6.07, 6.45) is -4.63.